The zero-order chi connectivity index (χ0) is 3.41. The summed E-state index contributed by atoms with van der Waals surface area (Å²) >= 11 is 3.17. The largest absolute Gasteiger partial charge is 0.0924 e. The summed E-state index contributed by atoms with van der Waals surface area (Å²) in [6, 6.07) is 0. The van der Waals surface area contributed by atoms with E-state index in [4.69, 9.17) is 0 Å². The molecular weight excluding hydrogens is 135 g/mol. The van der Waals surface area contributed by atoms with Gasteiger partial charge in [0.2, 0.25) is 0 Å². The van der Waals surface area contributed by atoms with Gasteiger partial charge in [0.25, 0.3) is 0 Å². The average molecular weight is 139 g/mol. The predicted molar refractivity (Wildman–Crippen MR) is 25.6 cm³/mol. The van der Waals surface area contributed by atoms with Gasteiger partial charge in [-0.2, -0.15) is 0 Å². The quantitative estimate of drug-likeness (QED) is 0.383. The lowest BCUT2D eigenvalue weighted by molar-refractivity contribution is 1.59. The van der Waals surface area contributed by atoms with Gasteiger partial charge in [-0.25, -0.2) is 0 Å². The highest BCUT2D eigenvalue weighted by molar-refractivity contribution is 9.09. The molecule has 0 aliphatic carbocycles. The topological polar surface area (TPSA) is 0 Å². The highest BCUT2D eigenvalue weighted by atomic mass is 79.9. The van der Waals surface area contributed by atoms with Gasteiger partial charge in [0.15, 0.2) is 0 Å². The molecule has 2 heteroatoms. The lowest BCUT2D eigenvalue weighted by Gasteiger charge is -1.64. The zero-order valence-electron chi connectivity index (χ0n) is 2.24. The van der Waals surface area contributed by atoms with E-state index in [0.717, 1.165) is 11.5 Å². The minimum atomic E-state index is 0.931. The first kappa shape index (κ1) is 4.91. The first-order chi connectivity index (χ1) is 1.91. The standard InChI is InChI=1S/C2H4BrP/c3-1-2-4/h1-2H2. The first-order valence-electron chi connectivity index (χ1n) is 1.08. The molecule has 0 amide bonds. The third-order valence-corrected chi connectivity index (χ3v) is 1.32. The lowest BCUT2D eigenvalue weighted by Crippen LogP contribution is -1.61. The monoisotopic (exact) mass is 138 g/mol. The van der Waals surface area contributed by atoms with Gasteiger partial charge in [0, 0.05) is 5.33 Å². The van der Waals surface area contributed by atoms with Gasteiger partial charge in [-0.1, -0.05) is 15.9 Å². The van der Waals surface area contributed by atoms with Crippen LogP contribution < -0.4 is 0 Å². The van der Waals surface area contributed by atoms with Gasteiger partial charge in [-0.15, -0.1) is 0 Å². The van der Waals surface area contributed by atoms with E-state index < -0.39 is 0 Å². The Morgan fingerprint density at radius 3 is 2.00 bits per heavy atom. The first-order valence-corrected chi connectivity index (χ1v) is 2.84. The summed E-state index contributed by atoms with van der Waals surface area (Å²) in [4.78, 5) is 0. The molecule has 0 aromatic rings. The molecule has 0 N–H and O–H groups in total. The third-order valence-electron chi connectivity index (χ3n) is 0.0845. The van der Waals surface area contributed by atoms with Gasteiger partial charge >= 0.3 is 0 Å². The minimum absolute atomic E-state index is 0.931. The Morgan fingerprint density at radius 2 is 2.00 bits per heavy atom. The van der Waals surface area contributed by atoms with Gasteiger partial charge in [-0.05, 0) is 15.4 Å². The zero-order valence-corrected chi connectivity index (χ0v) is 4.72. The summed E-state index contributed by atoms with van der Waals surface area (Å²) in [5, 5.41) is 0.996. The number of halogens is 1. The van der Waals surface area contributed by atoms with Crippen molar-refractivity contribution in [2.24, 2.45) is 0 Å². The van der Waals surface area contributed by atoms with Crippen molar-refractivity contribution in [3.63, 3.8) is 0 Å². The van der Waals surface area contributed by atoms with E-state index in [0.29, 0.717) is 0 Å². The second kappa shape index (κ2) is 3.91. The summed E-state index contributed by atoms with van der Waals surface area (Å²) in [5.41, 5.74) is 0. The van der Waals surface area contributed by atoms with Crippen LogP contribution in [0.3, 0.4) is 0 Å². The van der Waals surface area contributed by atoms with Crippen molar-refractivity contribution < 1.29 is 0 Å². The fourth-order valence-corrected chi connectivity index (χ4v) is 0. The molecule has 0 saturated carbocycles. The summed E-state index contributed by atoms with van der Waals surface area (Å²) < 4.78 is 0. The Bertz CT molecular complexity index is 8.00. The average Bonchev–Trinajstić information content (AvgIpc) is 1.37. The van der Waals surface area contributed by atoms with Crippen molar-refractivity contribution in [1.82, 2.24) is 0 Å². The number of alkyl halides is 1. The fourth-order valence-electron chi connectivity index (χ4n) is 0. The van der Waals surface area contributed by atoms with Crippen molar-refractivity contribution in [1.29, 1.82) is 0 Å². The van der Waals surface area contributed by atoms with E-state index in [2.05, 4.69) is 25.2 Å². The second-order valence-corrected chi connectivity index (χ2v) is 1.65. The predicted octanol–water partition coefficient (Wildman–Crippen LogP) is 1.79. The molecule has 2 radical (unpaired) electrons. The van der Waals surface area contributed by atoms with E-state index in [1.165, 1.54) is 0 Å². The van der Waals surface area contributed by atoms with Gasteiger partial charge < -0.3 is 0 Å². The molecule has 0 atom stereocenters. The van der Waals surface area contributed by atoms with Crippen LogP contribution in [0.5, 0.6) is 0 Å². The fraction of sp³-hybridized carbons (Fsp3) is 1.00. The SMILES string of the molecule is [P]CCBr. The summed E-state index contributed by atoms with van der Waals surface area (Å²) in [5.74, 6) is 0. The highest BCUT2D eigenvalue weighted by Crippen LogP contribution is 1.83. The molecular formula is C2H4BrP. The Kier molecular flexibility index (Phi) is 4.80. The van der Waals surface area contributed by atoms with E-state index in [1.807, 2.05) is 0 Å². The Morgan fingerprint density at radius 1 is 1.75 bits per heavy atom. The van der Waals surface area contributed by atoms with Gasteiger partial charge in [0.05, 0.1) is 0 Å². The molecule has 0 spiro atoms. The molecule has 0 bridgehead atoms. The van der Waals surface area contributed by atoms with Crippen LogP contribution in [0, 0.1) is 0 Å². The second-order valence-electron chi connectivity index (χ2n) is 0.413. The maximum atomic E-state index is 3.87. The molecule has 0 aliphatic rings. The van der Waals surface area contributed by atoms with Gasteiger partial charge in [0.1, 0.15) is 0 Å². The highest BCUT2D eigenvalue weighted by Gasteiger charge is 1.60. The molecule has 0 unspecified atom stereocenters. The van der Waals surface area contributed by atoms with Crippen LogP contribution in [0.1, 0.15) is 0 Å². The van der Waals surface area contributed by atoms with Crippen molar-refractivity contribution in [2.75, 3.05) is 11.5 Å². The van der Waals surface area contributed by atoms with E-state index in [-0.39, 0.29) is 0 Å². The van der Waals surface area contributed by atoms with Crippen LogP contribution in [-0.2, 0) is 0 Å². The summed E-state index contributed by atoms with van der Waals surface area (Å²) in [7, 11) is 3.87. The Labute approximate surface area is 37.3 Å². The van der Waals surface area contributed by atoms with Crippen LogP contribution in [0.15, 0.2) is 0 Å². The molecule has 0 aliphatic heterocycles. The van der Waals surface area contributed by atoms with E-state index >= 15 is 0 Å². The molecule has 0 saturated heterocycles. The summed E-state index contributed by atoms with van der Waals surface area (Å²) in [6.07, 6.45) is 0.931. The van der Waals surface area contributed by atoms with Crippen molar-refractivity contribution in [3.8, 4) is 0 Å². The Balaban J connectivity index is 1.97. The van der Waals surface area contributed by atoms with Crippen LogP contribution in [0.25, 0.3) is 0 Å². The maximum absolute atomic E-state index is 3.87. The van der Waals surface area contributed by atoms with Crippen LogP contribution >= 0.6 is 25.2 Å². The van der Waals surface area contributed by atoms with Gasteiger partial charge in [-0.3, -0.25) is 0 Å². The molecule has 0 nitrogen and oxygen atoms in total. The number of rotatable bonds is 1. The van der Waals surface area contributed by atoms with Crippen molar-refractivity contribution >= 4 is 25.2 Å². The normalized spacial score (nSPS) is 7.50. The molecule has 0 aromatic carbocycles. The van der Waals surface area contributed by atoms with Crippen molar-refractivity contribution in [3.05, 3.63) is 0 Å². The Hall–Kier alpha value is 0.910. The minimum Gasteiger partial charge on any atom is -0.0924 e. The third kappa shape index (κ3) is 2.91. The number of hydrogen-bond acceptors (Lipinski definition) is 0. The van der Waals surface area contributed by atoms with Crippen molar-refractivity contribution in [2.45, 2.75) is 0 Å². The molecule has 0 aromatic heterocycles. The molecule has 4 heavy (non-hydrogen) atoms. The van der Waals surface area contributed by atoms with Crippen LogP contribution in [-0.4, -0.2) is 11.5 Å². The van der Waals surface area contributed by atoms with Crippen LogP contribution in [0.4, 0.5) is 0 Å². The number of hydrogen-bond donors (Lipinski definition) is 0. The van der Waals surface area contributed by atoms with E-state index in [9.17, 15) is 0 Å². The summed E-state index contributed by atoms with van der Waals surface area (Å²) in [6.45, 7) is 0. The van der Waals surface area contributed by atoms with Crippen LogP contribution in [0.2, 0.25) is 0 Å². The van der Waals surface area contributed by atoms with E-state index in [1.54, 1.807) is 0 Å². The molecule has 0 heterocycles. The molecule has 24 valence electrons. The molecule has 0 fully saturated rings. The maximum Gasteiger partial charge on any atom is 0.00772 e. The lowest BCUT2D eigenvalue weighted by atomic mass is 11.0. The smallest absolute Gasteiger partial charge is 0.00772 e. The molecule has 0 rings (SSSR count).